The van der Waals surface area contributed by atoms with Gasteiger partial charge in [0, 0.05) is 30.0 Å². The maximum Gasteiger partial charge on any atom is 0.171 e. The number of nitrogens with two attached hydrogens (primary N) is 1. The molecule has 2 rings (SSSR count). The second-order valence-corrected chi connectivity index (χ2v) is 8.14. The van der Waals surface area contributed by atoms with Crippen LogP contribution in [0.25, 0.3) is 0 Å². The summed E-state index contributed by atoms with van der Waals surface area (Å²) in [5, 5.41) is -0.521. The van der Waals surface area contributed by atoms with Crippen LogP contribution in [-0.2, 0) is 9.84 Å². The highest BCUT2D eigenvalue weighted by Crippen LogP contribution is 2.30. The van der Waals surface area contributed by atoms with Gasteiger partial charge in [-0.3, -0.25) is 0 Å². The van der Waals surface area contributed by atoms with E-state index in [1.54, 1.807) is 24.9 Å². The topological polar surface area (TPSA) is 76.3 Å². The minimum Gasteiger partial charge on any atom is -0.396 e. The maximum absolute atomic E-state index is 12.2. The smallest absolute Gasteiger partial charge is 0.171 e. The number of nitrogen functional groups attached to an aromatic ring is 1. The summed E-state index contributed by atoms with van der Waals surface area (Å²) in [6.07, 6.45) is 1.68. The summed E-state index contributed by atoms with van der Waals surface area (Å²) in [6, 6.07) is 1.83. The van der Waals surface area contributed by atoms with Gasteiger partial charge in [0.15, 0.2) is 15.7 Å². The highest BCUT2D eigenvalue weighted by Gasteiger charge is 2.34. The first kappa shape index (κ1) is 14.5. The molecule has 2 N–H and O–H groups in total. The molecule has 0 aliphatic carbocycles. The van der Waals surface area contributed by atoms with Crippen molar-refractivity contribution in [3.8, 4) is 0 Å². The van der Waals surface area contributed by atoms with Gasteiger partial charge in [0.2, 0.25) is 0 Å². The Labute approximate surface area is 118 Å². The first-order valence-electron chi connectivity index (χ1n) is 6.24. The first-order chi connectivity index (χ1) is 8.97. The van der Waals surface area contributed by atoms with E-state index in [9.17, 15) is 8.42 Å². The normalized spacial score (nSPS) is 20.5. The van der Waals surface area contributed by atoms with Crippen LogP contribution in [0, 0.1) is 6.92 Å². The molecule has 1 aromatic heterocycles. The number of anilines is 2. The highest BCUT2D eigenvalue weighted by molar-refractivity contribution is 8.01. The van der Waals surface area contributed by atoms with Gasteiger partial charge in [-0.05, 0) is 18.6 Å². The molecule has 1 atom stereocenters. The molecule has 0 aromatic carbocycles. The summed E-state index contributed by atoms with van der Waals surface area (Å²) < 4.78 is 24.4. The molecule has 1 aromatic rings. The number of hydrogen-bond donors (Lipinski definition) is 1. The molecule has 106 valence electrons. The Hall–Kier alpha value is -0.950. The molecule has 2 heterocycles. The van der Waals surface area contributed by atoms with Crippen LogP contribution in [0.15, 0.2) is 12.3 Å². The SMILES string of the molecule is CCS(=O)(=O)C1CSCCN1c1nccc(C)c1N. The van der Waals surface area contributed by atoms with Crippen molar-refractivity contribution in [3.05, 3.63) is 17.8 Å². The van der Waals surface area contributed by atoms with Crippen molar-refractivity contribution in [3.63, 3.8) is 0 Å². The van der Waals surface area contributed by atoms with E-state index in [1.165, 1.54) is 0 Å². The fourth-order valence-corrected chi connectivity index (χ4v) is 5.07. The number of rotatable bonds is 3. The Bertz CT molecular complexity index is 560. The van der Waals surface area contributed by atoms with Crippen LogP contribution < -0.4 is 10.6 Å². The van der Waals surface area contributed by atoms with Crippen LogP contribution in [-0.4, -0.2) is 42.6 Å². The van der Waals surface area contributed by atoms with Crippen molar-refractivity contribution in [2.45, 2.75) is 19.2 Å². The van der Waals surface area contributed by atoms with Crippen molar-refractivity contribution in [1.29, 1.82) is 0 Å². The number of thioether (sulfide) groups is 1. The van der Waals surface area contributed by atoms with Crippen molar-refractivity contribution < 1.29 is 8.42 Å². The highest BCUT2D eigenvalue weighted by atomic mass is 32.2. The predicted octanol–water partition coefficient (Wildman–Crippen LogP) is 1.29. The lowest BCUT2D eigenvalue weighted by Gasteiger charge is -2.36. The van der Waals surface area contributed by atoms with Crippen LogP contribution >= 0.6 is 11.8 Å². The molecule has 0 spiro atoms. The minimum atomic E-state index is -3.14. The Morgan fingerprint density at radius 3 is 3.00 bits per heavy atom. The molecule has 1 aliphatic heterocycles. The number of aromatic nitrogens is 1. The molecule has 7 heteroatoms. The number of aryl methyl sites for hydroxylation is 1. The van der Waals surface area contributed by atoms with Crippen LogP contribution in [0.2, 0.25) is 0 Å². The Morgan fingerprint density at radius 1 is 1.58 bits per heavy atom. The van der Waals surface area contributed by atoms with E-state index in [-0.39, 0.29) is 5.75 Å². The zero-order valence-corrected chi connectivity index (χ0v) is 12.8. The quantitative estimate of drug-likeness (QED) is 0.906. The molecule has 1 aliphatic rings. The van der Waals surface area contributed by atoms with Gasteiger partial charge in [-0.2, -0.15) is 11.8 Å². The van der Waals surface area contributed by atoms with E-state index < -0.39 is 15.2 Å². The lowest BCUT2D eigenvalue weighted by molar-refractivity contribution is 0.579. The van der Waals surface area contributed by atoms with E-state index in [0.29, 0.717) is 23.8 Å². The Balaban J connectivity index is 2.43. The van der Waals surface area contributed by atoms with Gasteiger partial charge in [-0.25, -0.2) is 13.4 Å². The van der Waals surface area contributed by atoms with E-state index in [0.717, 1.165) is 11.3 Å². The van der Waals surface area contributed by atoms with Gasteiger partial charge < -0.3 is 10.6 Å². The molecule has 0 bridgehead atoms. The molecule has 19 heavy (non-hydrogen) atoms. The summed E-state index contributed by atoms with van der Waals surface area (Å²) >= 11 is 1.66. The van der Waals surface area contributed by atoms with Crippen LogP contribution in [0.3, 0.4) is 0 Å². The van der Waals surface area contributed by atoms with Crippen molar-refractivity contribution >= 4 is 33.1 Å². The third-order valence-electron chi connectivity index (χ3n) is 3.36. The third kappa shape index (κ3) is 2.81. The van der Waals surface area contributed by atoms with Gasteiger partial charge in [-0.15, -0.1) is 0 Å². The third-order valence-corrected chi connectivity index (χ3v) is 6.65. The molecule has 0 radical (unpaired) electrons. The number of sulfone groups is 1. The van der Waals surface area contributed by atoms with Gasteiger partial charge in [0.1, 0.15) is 5.37 Å². The summed E-state index contributed by atoms with van der Waals surface area (Å²) in [6.45, 7) is 4.25. The van der Waals surface area contributed by atoms with E-state index in [1.807, 2.05) is 17.9 Å². The zero-order chi connectivity index (χ0) is 14.0. The predicted molar refractivity (Wildman–Crippen MR) is 81.3 cm³/mol. The fraction of sp³-hybridized carbons (Fsp3) is 0.583. The summed E-state index contributed by atoms with van der Waals surface area (Å²) in [5.41, 5.74) is 7.56. The average Bonchev–Trinajstić information content (AvgIpc) is 2.42. The second-order valence-electron chi connectivity index (χ2n) is 4.54. The Kier molecular flexibility index (Phi) is 4.25. The Morgan fingerprint density at radius 2 is 2.32 bits per heavy atom. The number of nitrogens with zero attached hydrogens (tertiary/aromatic N) is 2. The van der Waals surface area contributed by atoms with Gasteiger partial charge in [0.05, 0.1) is 5.69 Å². The molecule has 0 saturated carbocycles. The van der Waals surface area contributed by atoms with E-state index >= 15 is 0 Å². The van der Waals surface area contributed by atoms with E-state index in [2.05, 4.69) is 4.98 Å². The largest absolute Gasteiger partial charge is 0.396 e. The second kappa shape index (κ2) is 5.58. The van der Waals surface area contributed by atoms with Crippen LogP contribution in [0.4, 0.5) is 11.5 Å². The molecule has 1 unspecified atom stereocenters. The average molecular weight is 301 g/mol. The summed E-state index contributed by atoms with van der Waals surface area (Å²) in [7, 11) is -3.14. The molecule has 0 amide bonds. The molecule has 5 nitrogen and oxygen atoms in total. The minimum absolute atomic E-state index is 0.139. The lowest BCUT2D eigenvalue weighted by Crippen LogP contribution is -2.48. The monoisotopic (exact) mass is 301 g/mol. The molecular weight excluding hydrogens is 282 g/mol. The van der Waals surface area contributed by atoms with Crippen molar-refractivity contribution in [2.24, 2.45) is 0 Å². The van der Waals surface area contributed by atoms with Crippen LogP contribution in [0.1, 0.15) is 12.5 Å². The molecule has 1 saturated heterocycles. The van der Waals surface area contributed by atoms with Crippen molar-refractivity contribution in [2.75, 3.05) is 34.4 Å². The molecule has 1 fully saturated rings. The lowest BCUT2D eigenvalue weighted by atomic mass is 10.2. The number of pyridine rings is 1. The first-order valence-corrected chi connectivity index (χ1v) is 9.11. The van der Waals surface area contributed by atoms with E-state index in [4.69, 9.17) is 5.73 Å². The van der Waals surface area contributed by atoms with Gasteiger partial charge in [0.25, 0.3) is 0 Å². The maximum atomic E-state index is 12.2. The van der Waals surface area contributed by atoms with Crippen molar-refractivity contribution in [1.82, 2.24) is 4.98 Å². The number of hydrogen-bond acceptors (Lipinski definition) is 6. The van der Waals surface area contributed by atoms with Gasteiger partial charge in [-0.1, -0.05) is 6.92 Å². The fourth-order valence-electron chi connectivity index (χ4n) is 2.10. The van der Waals surface area contributed by atoms with Gasteiger partial charge >= 0.3 is 0 Å². The summed E-state index contributed by atoms with van der Waals surface area (Å²) in [5.74, 6) is 2.21. The molecular formula is C12H19N3O2S2. The standard InChI is InChI=1S/C12H19N3O2S2/c1-3-19(16,17)10-8-18-7-6-15(10)12-11(13)9(2)4-5-14-12/h4-5,10H,3,6-8,13H2,1-2H3. The van der Waals surface area contributed by atoms with Crippen LogP contribution in [0.5, 0.6) is 0 Å². The summed E-state index contributed by atoms with van der Waals surface area (Å²) in [4.78, 5) is 6.13. The zero-order valence-electron chi connectivity index (χ0n) is 11.2.